The van der Waals surface area contributed by atoms with Crippen molar-refractivity contribution in [1.82, 2.24) is 0 Å². The first-order chi connectivity index (χ1) is 12.2. The van der Waals surface area contributed by atoms with Gasteiger partial charge in [-0.3, -0.25) is 4.79 Å². The third-order valence-corrected chi connectivity index (χ3v) is 3.95. The number of hydrogen-bond donors (Lipinski definition) is 0. The van der Waals surface area contributed by atoms with Crippen LogP contribution < -0.4 is 9.47 Å². The van der Waals surface area contributed by atoms with Crippen molar-refractivity contribution >= 4 is 5.78 Å². The average Bonchev–Trinajstić information content (AvgIpc) is 2.68. The Morgan fingerprint density at radius 3 is 2.04 bits per heavy atom. The summed E-state index contributed by atoms with van der Waals surface area (Å²) in [5.74, 6) is 1.63. The lowest BCUT2D eigenvalue weighted by Crippen LogP contribution is -2.03. The molecule has 0 amide bonds. The van der Waals surface area contributed by atoms with Gasteiger partial charge in [0, 0.05) is 12.0 Å². The van der Waals surface area contributed by atoms with Gasteiger partial charge >= 0.3 is 0 Å². The Morgan fingerprint density at radius 1 is 0.760 bits per heavy atom. The van der Waals surface area contributed by atoms with Crippen LogP contribution in [0.1, 0.15) is 21.5 Å². The molecule has 0 aliphatic heterocycles. The summed E-state index contributed by atoms with van der Waals surface area (Å²) in [7, 11) is 1.61. The SMILES string of the molecule is COc1ccc(C(=O)Cc2ccc(OCc3ccccc3)cc2)cc1. The van der Waals surface area contributed by atoms with Crippen molar-refractivity contribution in [2.75, 3.05) is 7.11 Å². The number of Topliss-reactive ketones (excluding diaryl/α,β-unsaturated/α-hetero) is 1. The van der Waals surface area contributed by atoms with Gasteiger partial charge in [0.05, 0.1) is 7.11 Å². The van der Waals surface area contributed by atoms with Gasteiger partial charge in [-0.25, -0.2) is 0 Å². The van der Waals surface area contributed by atoms with Crippen LogP contribution in [0.25, 0.3) is 0 Å². The van der Waals surface area contributed by atoms with Crippen molar-refractivity contribution in [3.05, 3.63) is 95.6 Å². The van der Waals surface area contributed by atoms with Gasteiger partial charge in [0.2, 0.25) is 0 Å². The number of ether oxygens (including phenoxy) is 2. The summed E-state index contributed by atoms with van der Waals surface area (Å²) in [6.07, 6.45) is 0.366. The standard InChI is InChI=1S/C22H20O3/c1-24-20-13-9-19(10-14-20)22(23)15-17-7-11-21(12-8-17)25-16-18-5-3-2-4-6-18/h2-14H,15-16H2,1H3. The summed E-state index contributed by atoms with van der Waals surface area (Å²) in [6, 6.07) is 24.9. The number of ketones is 1. The van der Waals surface area contributed by atoms with Crippen LogP contribution in [0.5, 0.6) is 11.5 Å². The zero-order valence-electron chi connectivity index (χ0n) is 14.1. The summed E-state index contributed by atoms with van der Waals surface area (Å²) in [5, 5.41) is 0. The Morgan fingerprint density at radius 2 is 1.40 bits per heavy atom. The van der Waals surface area contributed by atoms with Crippen LogP contribution in [0.4, 0.5) is 0 Å². The van der Waals surface area contributed by atoms with Gasteiger partial charge < -0.3 is 9.47 Å². The number of hydrogen-bond acceptors (Lipinski definition) is 3. The fourth-order valence-corrected chi connectivity index (χ4v) is 2.51. The second-order valence-electron chi connectivity index (χ2n) is 5.75. The van der Waals surface area contributed by atoms with E-state index in [1.165, 1.54) is 0 Å². The normalized spacial score (nSPS) is 10.3. The lowest BCUT2D eigenvalue weighted by atomic mass is 10.0. The maximum atomic E-state index is 12.3. The lowest BCUT2D eigenvalue weighted by Gasteiger charge is -2.07. The second-order valence-corrected chi connectivity index (χ2v) is 5.75. The molecule has 0 N–H and O–H groups in total. The molecule has 0 fully saturated rings. The third kappa shape index (κ3) is 4.70. The number of benzene rings is 3. The monoisotopic (exact) mass is 332 g/mol. The smallest absolute Gasteiger partial charge is 0.167 e. The van der Waals surface area contributed by atoms with Crippen molar-refractivity contribution in [3.8, 4) is 11.5 Å². The van der Waals surface area contributed by atoms with Crippen LogP contribution in [0.3, 0.4) is 0 Å². The fourth-order valence-electron chi connectivity index (χ4n) is 2.51. The molecular weight excluding hydrogens is 312 g/mol. The van der Waals surface area contributed by atoms with E-state index in [-0.39, 0.29) is 5.78 Å². The van der Waals surface area contributed by atoms with Crippen LogP contribution in [0, 0.1) is 0 Å². The molecule has 3 rings (SSSR count). The van der Waals surface area contributed by atoms with Crippen molar-refractivity contribution in [1.29, 1.82) is 0 Å². The minimum atomic E-state index is 0.0839. The van der Waals surface area contributed by atoms with E-state index in [1.54, 1.807) is 31.4 Å². The molecule has 0 atom stereocenters. The zero-order chi connectivity index (χ0) is 17.5. The van der Waals surface area contributed by atoms with Gasteiger partial charge in [-0.2, -0.15) is 0 Å². The predicted octanol–water partition coefficient (Wildman–Crippen LogP) is 4.70. The molecule has 0 saturated heterocycles. The number of carbonyl (C=O) groups excluding carboxylic acids is 1. The Labute approximate surface area is 147 Å². The Bertz CT molecular complexity index is 806. The van der Waals surface area contributed by atoms with Crippen LogP contribution in [-0.4, -0.2) is 12.9 Å². The second kappa shape index (κ2) is 8.15. The summed E-state index contributed by atoms with van der Waals surface area (Å²) in [4.78, 5) is 12.3. The first-order valence-corrected chi connectivity index (χ1v) is 8.17. The molecule has 3 aromatic carbocycles. The van der Waals surface area contributed by atoms with E-state index in [2.05, 4.69) is 0 Å². The van der Waals surface area contributed by atoms with Crippen molar-refractivity contribution in [3.63, 3.8) is 0 Å². The average molecular weight is 332 g/mol. The molecule has 0 heterocycles. The minimum Gasteiger partial charge on any atom is -0.497 e. The van der Waals surface area contributed by atoms with Crippen molar-refractivity contribution in [2.24, 2.45) is 0 Å². The molecule has 0 spiro atoms. The molecule has 0 aromatic heterocycles. The topological polar surface area (TPSA) is 35.5 Å². The maximum absolute atomic E-state index is 12.3. The highest BCUT2D eigenvalue weighted by atomic mass is 16.5. The van der Waals surface area contributed by atoms with Crippen LogP contribution in [-0.2, 0) is 13.0 Å². The zero-order valence-corrected chi connectivity index (χ0v) is 14.1. The Kier molecular flexibility index (Phi) is 5.47. The van der Waals surface area contributed by atoms with E-state index in [0.717, 1.165) is 22.6 Å². The summed E-state index contributed by atoms with van der Waals surface area (Å²) in [5.41, 5.74) is 2.78. The van der Waals surface area contributed by atoms with E-state index < -0.39 is 0 Å². The van der Waals surface area contributed by atoms with E-state index in [4.69, 9.17) is 9.47 Å². The summed E-state index contributed by atoms with van der Waals surface area (Å²) in [6.45, 7) is 0.533. The van der Waals surface area contributed by atoms with E-state index in [9.17, 15) is 4.79 Å². The van der Waals surface area contributed by atoms with Gasteiger partial charge in [-0.1, -0.05) is 42.5 Å². The molecule has 0 unspecified atom stereocenters. The number of rotatable bonds is 7. The molecule has 3 aromatic rings. The van der Waals surface area contributed by atoms with Crippen LogP contribution >= 0.6 is 0 Å². The molecular formula is C22H20O3. The molecule has 0 bridgehead atoms. The maximum Gasteiger partial charge on any atom is 0.167 e. The molecule has 0 radical (unpaired) electrons. The number of methoxy groups -OCH3 is 1. The highest BCUT2D eigenvalue weighted by Crippen LogP contribution is 2.17. The van der Waals surface area contributed by atoms with Crippen LogP contribution in [0.2, 0.25) is 0 Å². The van der Waals surface area contributed by atoms with E-state index in [1.807, 2.05) is 54.6 Å². The van der Waals surface area contributed by atoms with Crippen molar-refractivity contribution in [2.45, 2.75) is 13.0 Å². The van der Waals surface area contributed by atoms with Gasteiger partial charge in [-0.05, 0) is 47.5 Å². The van der Waals surface area contributed by atoms with Gasteiger partial charge in [-0.15, -0.1) is 0 Å². The largest absolute Gasteiger partial charge is 0.497 e. The molecule has 3 heteroatoms. The minimum absolute atomic E-state index is 0.0839. The molecule has 0 saturated carbocycles. The molecule has 3 nitrogen and oxygen atoms in total. The number of carbonyl (C=O) groups is 1. The van der Waals surface area contributed by atoms with Gasteiger partial charge in [0.25, 0.3) is 0 Å². The molecule has 0 aliphatic carbocycles. The van der Waals surface area contributed by atoms with Gasteiger partial charge in [0.15, 0.2) is 5.78 Å². The predicted molar refractivity (Wildman–Crippen MR) is 98.2 cm³/mol. The first-order valence-electron chi connectivity index (χ1n) is 8.17. The Balaban J connectivity index is 1.57. The summed E-state index contributed by atoms with van der Waals surface area (Å²) < 4.78 is 10.9. The lowest BCUT2D eigenvalue weighted by molar-refractivity contribution is 0.0993. The third-order valence-electron chi connectivity index (χ3n) is 3.95. The van der Waals surface area contributed by atoms with E-state index in [0.29, 0.717) is 18.6 Å². The molecule has 0 aliphatic rings. The highest BCUT2D eigenvalue weighted by molar-refractivity contribution is 5.97. The molecule has 25 heavy (non-hydrogen) atoms. The van der Waals surface area contributed by atoms with E-state index >= 15 is 0 Å². The van der Waals surface area contributed by atoms with Crippen LogP contribution in [0.15, 0.2) is 78.9 Å². The molecule has 126 valence electrons. The quantitative estimate of drug-likeness (QED) is 0.588. The van der Waals surface area contributed by atoms with Gasteiger partial charge in [0.1, 0.15) is 18.1 Å². The van der Waals surface area contributed by atoms with Crippen molar-refractivity contribution < 1.29 is 14.3 Å². The summed E-state index contributed by atoms with van der Waals surface area (Å²) >= 11 is 0. The first kappa shape index (κ1) is 16.8. The Hall–Kier alpha value is -3.07. The highest BCUT2D eigenvalue weighted by Gasteiger charge is 2.07. The fraction of sp³-hybridized carbons (Fsp3) is 0.136.